The molecule has 1 saturated heterocycles. The third-order valence-electron chi connectivity index (χ3n) is 3.26. The van der Waals surface area contributed by atoms with Gasteiger partial charge in [0.15, 0.2) is 0 Å². The van der Waals surface area contributed by atoms with E-state index in [0.717, 1.165) is 23.7 Å². The Balaban J connectivity index is 1.80. The number of hydrogen-bond donors (Lipinski definition) is 0. The summed E-state index contributed by atoms with van der Waals surface area (Å²) in [5.74, 6) is 0. The van der Waals surface area contributed by atoms with Gasteiger partial charge < -0.3 is 4.74 Å². The number of thiazole rings is 1. The lowest BCUT2D eigenvalue weighted by Gasteiger charge is -2.36. The molecule has 0 bridgehead atoms. The maximum atomic E-state index is 12.9. The van der Waals surface area contributed by atoms with Crippen LogP contribution < -0.4 is 4.74 Å². The van der Waals surface area contributed by atoms with Gasteiger partial charge in [-0.3, -0.25) is 0 Å². The van der Waals surface area contributed by atoms with Gasteiger partial charge in [-0.05, 0) is 12.1 Å². The highest BCUT2D eigenvalue weighted by molar-refractivity contribution is 7.88. The van der Waals surface area contributed by atoms with Gasteiger partial charge in [-0.25, -0.2) is 13.4 Å². The number of sulfonamides is 1. The van der Waals surface area contributed by atoms with Gasteiger partial charge in [0.25, 0.3) is 5.19 Å². The minimum Gasteiger partial charge on any atom is -0.464 e. The minimum atomic E-state index is -4.48. The number of ether oxygens (including phenoxy) is 1. The average Bonchev–Trinajstić information content (AvgIpc) is 2.72. The maximum absolute atomic E-state index is 12.9. The van der Waals surface area contributed by atoms with E-state index in [1.54, 1.807) is 6.07 Å². The Kier molecular flexibility index (Phi) is 3.57. The zero-order chi connectivity index (χ0) is 16.1. The SMILES string of the molecule is CS(=O)(=O)N1CC(Oc2nc3c(C(F)(F)F)cccc3s2)C1. The second-order valence-corrected chi connectivity index (χ2v) is 7.93. The Bertz CT molecular complexity index is 811. The lowest BCUT2D eigenvalue weighted by Crippen LogP contribution is -2.55. The number of aromatic nitrogens is 1. The fraction of sp³-hybridized carbons (Fsp3) is 0.417. The van der Waals surface area contributed by atoms with Crippen molar-refractivity contribution in [2.75, 3.05) is 19.3 Å². The highest BCUT2D eigenvalue weighted by atomic mass is 32.2. The Morgan fingerprint density at radius 3 is 2.64 bits per heavy atom. The fourth-order valence-corrected chi connectivity index (χ4v) is 3.88. The van der Waals surface area contributed by atoms with Crippen molar-refractivity contribution in [1.29, 1.82) is 0 Å². The number of alkyl halides is 3. The molecule has 0 N–H and O–H groups in total. The summed E-state index contributed by atoms with van der Waals surface area (Å²) in [6.45, 7) is 0.363. The van der Waals surface area contributed by atoms with E-state index in [1.807, 2.05) is 0 Å². The number of fused-ring (bicyclic) bond motifs is 1. The molecule has 1 aromatic carbocycles. The highest BCUT2D eigenvalue weighted by Gasteiger charge is 2.36. The van der Waals surface area contributed by atoms with Crippen LogP contribution in [0.4, 0.5) is 13.2 Å². The van der Waals surface area contributed by atoms with Gasteiger partial charge in [-0.2, -0.15) is 17.5 Å². The van der Waals surface area contributed by atoms with E-state index in [-0.39, 0.29) is 29.9 Å². The van der Waals surface area contributed by atoms with E-state index in [2.05, 4.69) is 4.98 Å². The number of para-hydroxylation sites is 1. The summed E-state index contributed by atoms with van der Waals surface area (Å²) in [6, 6.07) is 3.83. The summed E-state index contributed by atoms with van der Waals surface area (Å²) in [6.07, 6.45) is -3.77. The van der Waals surface area contributed by atoms with Crippen LogP contribution in [-0.2, 0) is 16.2 Å². The van der Waals surface area contributed by atoms with E-state index >= 15 is 0 Å². The van der Waals surface area contributed by atoms with Gasteiger partial charge >= 0.3 is 6.18 Å². The molecule has 1 aromatic heterocycles. The molecule has 5 nitrogen and oxygen atoms in total. The van der Waals surface area contributed by atoms with Crippen LogP contribution in [0.1, 0.15) is 5.56 Å². The normalized spacial score (nSPS) is 17.6. The van der Waals surface area contributed by atoms with Gasteiger partial charge in [0.05, 0.1) is 35.1 Å². The largest absolute Gasteiger partial charge is 0.464 e. The summed E-state index contributed by atoms with van der Waals surface area (Å²) in [7, 11) is -3.25. The molecule has 1 fully saturated rings. The summed E-state index contributed by atoms with van der Waals surface area (Å²) in [5.41, 5.74) is -0.947. The molecule has 2 aromatic rings. The molecular weight excluding hydrogens is 341 g/mol. The monoisotopic (exact) mass is 352 g/mol. The quantitative estimate of drug-likeness (QED) is 0.851. The topological polar surface area (TPSA) is 59.5 Å². The molecule has 2 heterocycles. The smallest absolute Gasteiger partial charge is 0.418 e. The first kappa shape index (κ1) is 15.5. The number of nitrogens with zero attached hydrogens (tertiary/aromatic N) is 2. The number of hydrogen-bond acceptors (Lipinski definition) is 5. The van der Waals surface area contributed by atoms with Crippen LogP contribution >= 0.6 is 11.3 Å². The molecule has 0 saturated carbocycles. The molecule has 1 aliphatic rings. The number of benzene rings is 1. The van der Waals surface area contributed by atoms with Crippen LogP contribution in [0, 0.1) is 0 Å². The predicted octanol–water partition coefficient (Wildman–Crippen LogP) is 2.34. The molecule has 0 atom stereocenters. The van der Waals surface area contributed by atoms with Gasteiger partial charge in [-0.1, -0.05) is 17.4 Å². The summed E-state index contributed by atoms with van der Waals surface area (Å²) >= 11 is 1.01. The Morgan fingerprint density at radius 1 is 1.36 bits per heavy atom. The van der Waals surface area contributed by atoms with Crippen LogP contribution in [0.2, 0.25) is 0 Å². The molecular formula is C12H11F3N2O3S2. The highest BCUT2D eigenvalue weighted by Crippen LogP contribution is 2.38. The van der Waals surface area contributed by atoms with E-state index in [4.69, 9.17) is 4.74 Å². The second kappa shape index (κ2) is 5.07. The Labute approximate surface area is 128 Å². The summed E-state index contributed by atoms with van der Waals surface area (Å²) < 4.78 is 68.2. The van der Waals surface area contributed by atoms with Gasteiger partial charge in [0.1, 0.15) is 6.10 Å². The summed E-state index contributed by atoms with van der Waals surface area (Å²) in [4.78, 5) is 3.90. The van der Waals surface area contributed by atoms with Crippen molar-refractivity contribution in [2.45, 2.75) is 12.3 Å². The Morgan fingerprint density at radius 2 is 2.05 bits per heavy atom. The van der Waals surface area contributed by atoms with Crippen molar-refractivity contribution in [3.63, 3.8) is 0 Å². The van der Waals surface area contributed by atoms with Crippen LogP contribution in [0.25, 0.3) is 10.2 Å². The van der Waals surface area contributed by atoms with Gasteiger partial charge in [0.2, 0.25) is 10.0 Å². The van der Waals surface area contributed by atoms with Crippen LogP contribution in [-0.4, -0.2) is 43.2 Å². The fourth-order valence-electron chi connectivity index (χ4n) is 2.10. The molecule has 0 unspecified atom stereocenters. The third-order valence-corrected chi connectivity index (χ3v) is 5.40. The first-order chi connectivity index (χ1) is 10.1. The zero-order valence-electron chi connectivity index (χ0n) is 11.3. The minimum absolute atomic E-state index is 0.116. The molecule has 0 aliphatic carbocycles. The van der Waals surface area contributed by atoms with Crippen molar-refractivity contribution in [3.05, 3.63) is 23.8 Å². The third kappa shape index (κ3) is 2.90. The average molecular weight is 352 g/mol. The molecule has 10 heteroatoms. The van der Waals surface area contributed by atoms with E-state index in [9.17, 15) is 21.6 Å². The standard InChI is InChI=1S/C12H11F3N2O3S2/c1-22(18,19)17-5-7(6-17)20-11-16-10-8(12(13,14)15)3-2-4-9(10)21-11/h2-4,7H,5-6H2,1H3. The van der Waals surface area contributed by atoms with Crippen molar-refractivity contribution in [3.8, 4) is 5.19 Å². The van der Waals surface area contributed by atoms with E-state index in [1.165, 1.54) is 10.4 Å². The molecule has 3 rings (SSSR count). The van der Waals surface area contributed by atoms with Crippen molar-refractivity contribution in [2.24, 2.45) is 0 Å². The molecule has 0 spiro atoms. The van der Waals surface area contributed by atoms with Crippen molar-refractivity contribution >= 4 is 31.6 Å². The van der Waals surface area contributed by atoms with Crippen LogP contribution in [0.3, 0.4) is 0 Å². The zero-order valence-corrected chi connectivity index (χ0v) is 12.9. The number of rotatable bonds is 3. The molecule has 1 aliphatic heterocycles. The van der Waals surface area contributed by atoms with E-state index in [0.29, 0.717) is 4.70 Å². The lowest BCUT2D eigenvalue weighted by atomic mass is 10.2. The van der Waals surface area contributed by atoms with Crippen molar-refractivity contribution < 1.29 is 26.3 Å². The predicted molar refractivity (Wildman–Crippen MR) is 75.5 cm³/mol. The Hall–Kier alpha value is -1.39. The lowest BCUT2D eigenvalue weighted by molar-refractivity contribution is -0.136. The molecule has 0 radical (unpaired) electrons. The van der Waals surface area contributed by atoms with E-state index < -0.39 is 21.8 Å². The first-order valence-corrected chi connectivity index (χ1v) is 8.89. The molecule has 22 heavy (non-hydrogen) atoms. The second-order valence-electron chi connectivity index (χ2n) is 4.95. The summed E-state index contributed by atoms with van der Waals surface area (Å²) in [5, 5.41) is 0.116. The maximum Gasteiger partial charge on any atom is 0.418 e. The van der Waals surface area contributed by atoms with Crippen LogP contribution in [0.15, 0.2) is 18.2 Å². The van der Waals surface area contributed by atoms with Crippen LogP contribution in [0.5, 0.6) is 5.19 Å². The number of halogens is 3. The molecule has 120 valence electrons. The van der Waals surface area contributed by atoms with Gasteiger partial charge in [0, 0.05) is 0 Å². The first-order valence-electron chi connectivity index (χ1n) is 6.23. The molecule has 0 amide bonds. The van der Waals surface area contributed by atoms with Crippen molar-refractivity contribution in [1.82, 2.24) is 9.29 Å². The van der Waals surface area contributed by atoms with Gasteiger partial charge in [-0.15, -0.1) is 0 Å².